The Bertz CT molecular complexity index is 980. The first-order valence-electron chi connectivity index (χ1n) is 8.65. The Morgan fingerprint density at radius 2 is 1.96 bits per heavy atom. The Balaban J connectivity index is 1.60. The van der Waals surface area contributed by atoms with Crippen LogP contribution >= 0.6 is 0 Å². The summed E-state index contributed by atoms with van der Waals surface area (Å²) in [6, 6.07) is 14.4. The number of amides is 1. The molecule has 132 valence electrons. The highest BCUT2D eigenvalue weighted by molar-refractivity contribution is 5.97. The molecule has 1 aliphatic rings. The molecule has 4 nitrogen and oxygen atoms in total. The van der Waals surface area contributed by atoms with Crippen molar-refractivity contribution in [3.63, 3.8) is 0 Å². The second-order valence-corrected chi connectivity index (χ2v) is 6.62. The van der Waals surface area contributed by atoms with Crippen LogP contribution in [0.1, 0.15) is 23.9 Å². The van der Waals surface area contributed by atoms with Crippen molar-refractivity contribution >= 4 is 11.6 Å². The third-order valence-corrected chi connectivity index (χ3v) is 4.79. The minimum atomic E-state index is -0.395. The lowest BCUT2D eigenvalue weighted by Crippen LogP contribution is -2.37. The average molecular weight is 350 g/mol. The molecule has 1 unspecified atom stereocenters. The van der Waals surface area contributed by atoms with Crippen molar-refractivity contribution in [1.29, 1.82) is 0 Å². The van der Waals surface area contributed by atoms with Gasteiger partial charge in [0.1, 0.15) is 11.6 Å². The molecule has 0 aliphatic carbocycles. The van der Waals surface area contributed by atoms with Crippen LogP contribution in [0.15, 0.2) is 52.9 Å². The first kappa shape index (κ1) is 16.5. The predicted octanol–water partition coefficient (Wildman–Crippen LogP) is 4.31. The van der Waals surface area contributed by atoms with Crippen molar-refractivity contribution in [3.8, 4) is 11.5 Å². The number of rotatable bonds is 3. The van der Waals surface area contributed by atoms with Crippen LogP contribution in [0.2, 0.25) is 0 Å². The van der Waals surface area contributed by atoms with Crippen LogP contribution < -0.4 is 4.90 Å². The number of nitrogens with zero attached hydrogens (tertiary/aromatic N) is 2. The fraction of sp³-hybridized carbons (Fsp3) is 0.238. The van der Waals surface area contributed by atoms with Crippen molar-refractivity contribution in [3.05, 3.63) is 71.4 Å². The van der Waals surface area contributed by atoms with E-state index in [9.17, 15) is 9.18 Å². The molecular weight excluding hydrogens is 331 g/mol. The lowest BCUT2D eigenvalue weighted by molar-refractivity contribution is -0.118. The van der Waals surface area contributed by atoms with Gasteiger partial charge in [0, 0.05) is 11.7 Å². The molecule has 0 fully saturated rings. The number of halogens is 1. The van der Waals surface area contributed by atoms with Gasteiger partial charge in [0.2, 0.25) is 11.8 Å². The van der Waals surface area contributed by atoms with E-state index in [1.807, 2.05) is 30.0 Å². The number of fused-ring (bicyclic) bond motifs is 1. The van der Waals surface area contributed by atoms with Gasteiger partial charge >= 0.3 is 0 Å². The molecule has 0 spiro atoms. The lowest BCUT2D eigenvalue weighted by Gasteiger charge is -2.22. The zero-order valence-electron chi connectivity index (χ0n) is 14.7. The molecule has 0 radical (unpaired) electrons. The first-order valence-corrected chi connectivity index (χ1v) is 8.65. The molecule has 1 aliphatic heterocycles. The number of oxazole rings is 1. The molecule has 1 atom stereocenters. The van der Waals surface area contributed by atoms with Gasteiger partial charge in [-0.2, -0.15) is 0 Å². The van der Waals surface area contributed by atoms with Crippen LogP contribution in [0.3, 0.4) is 0 Å². The summed E-state index contributed by atoms with van der Waals surface area (Å²) < 4.78 is 19.6. The molecule has 1 aromatic heterocycles. The molecule has 26 heavy (non-hydrogen) atoms. The van der Waals surface area contributed by atoms with E-state index < -0.39 is 5.82 Å². The van der Waals surface area contributed by atoms with Crippen LogP contribution in [0, 0.1) is 12.7 Å². The van der Waals surface area contributed by atoms with E-state index in [4.69, 9.17) is 4.42 Å². The highest BCUT2D eigenvalue weighted by Crippen LogP contribution is 2.33. The van der Waals surface area contributed by atoms with E-state index in [1.165, 1.54) is 11.6 Å². The summed E-state index contributed by atoms with van der Waals surface area (Å²) in [7, 11) is 0. The second-order valence-electron chi connectivity index (χ2n) is 6.62. The van der Waals surface area contributed by atoms with E-state index in [-0.39, 0.29) is 24.3 Å². The molecule has 1 amide bonds. The number of anilines is 1. The van der Waals surface area contributed by atoms with Gasteiger partial charge in [-0.05, 0) is 44.0 Å². The molecule has 4 rings (SSSR count). The maximum atomic E-state index is 14.0. The van der Waals surface area contributed by atoms with Crippen LogP contribution in [-0.2, 0) is 17.6 Å². The predicted molar refractivity (Wildman–Crippen MR) is 97.4 cm³/mol. The Labute approximate surface area is 151 Å². The SMILES string of the molecule is Cc1oc(-c2ccccc2F)nc1CC(=O)N1c2ccccc2CC1C. The van der Waals surface area contributed by atoms with Crippen molar-refractivity contribution < 1.29 is 13.6 Å². The van der Waals surface area contributed by atoms with E-state index in [1.54, 1.807) is 25.1 Å². The average Bonchev–Trinajstić information content (AvgIpc) is 3.14. The normalized spacial score (nSPS) is 16.0. The van der Waals surface area contributed by atoms with Gasteiger partial charge < -0.3 is 9.32 Å². The van der Waals surface area contributed by atoms with E-state index >= 15 is 0 Å². The van der Waals surface area contributed by atoms with Crippen LogP contribution in [-0.4, -0.2) is 16.9 Å². The number of hydrogen-bond acceptors (Lipinski definition) is 3. The maximum Gasteiger partial charge on any atom is 0.233 e. The topological polar surface area (TPSA) is 46.3 Å². The zero-order valence-corrected chi connectivity index (χ0v) is 14.7. The third kappa shape index (κ3) is 2.79. The Hall–Kier alpha value is -2.95. The summed E-state index contributed by atoms with van der Waals surface area (Å²) in [5.74, 6) is 0.322. The van der Waals surface area contributed by atoms with Gasteiger partial charge in [-0.3, -0.25) is 4.79 Å². The Morgan fingerprint density at radius 3 is 2.77 bits per heavy atom. The number of hydrogen-bond donors (Lipinski definition) is 0. The Morgan fingerprint density at radius 1 is 1.23 bits per heavy atom. The van der Waals surface area contributed by atoms with Crippen LogP contribution in [0.5, 0.6) is 0 Å². The second kappa shape index (κ2) is 6.41. The van der Waals surface area contributed by atoms with Crippen molar-refractivity contribution in [2.24, 2.45) is 0 Å². The van der Waals surface area contributed by atoms with Crippen molar-refractivity contribution in [2.45, 2.75) is 32.7 Å². The minimum absolute atomic E-state index is 0.0288. The number of carbonyl (C=O) groups excluding carboxylic acids is 1. The molecule has 2 heterocycles. The number of benzene rings is 2. The lowest BCUT2D eigenvalue weighted by atomic mass is 10.1. The number of carbonyl (C=O) groups is 1. The van der Waals surface area contributed by atoms with Crippen LogP contribution in [0.25, 0.3) is 11.5 Å². The third-order valence-electron chi connectivity index (χ3n) is 4.79. The van der Waals surface area contributed by atoms with Gasteiger partial charge in [-0.15, -0.1) is 0 Å². The van der Waals surface area contributed by atoms with Crippen LogP contribution in [0.4, 0.5) is 10.1 Å². The van der Waals surface area contributed by atoms with E-state index in [0.717, 1.165) is 12.1 Å². The summed E-state index contributed by atoms with van der Waals surface area (Å²) in [6.45, 7) is 3.79. The summed E-state index contributed by atoms with van der Waals surface area (Å²) in [6.07, 6.45) is 0.975. The van der Waals surface area contributed by atoms with E-state index in [2.05, 4.69) is 11.1 Å². The highest BCUT2D eigenvalue weighted by atomic mass is 19.1. The fourth-order valence-corrected chi connectivity index (χ4v) is 3.52. The Kier molecular flexibility index (Phi) is 4.07. The van der Waals surface area contributed by atoms with Gasteiger partial charge in [0.15, 0.2) is 0 Å². The zero-order chi connectivity index (χ0) is 18.3. The number of aromatic nitrogens is 1. The molecular formula is C21H19FN2O2. The quantitative estimate of drug-likeness (QED) is 0.707. The monoisotopic (exact) mass is 350 g/mol. The summed E-state index contributed by atoms with van der Waals surface area (Å²) in [5.41, 5.74) is 2.98. The summed E-state index contributed by atoms with van der Waals surface area (Å²) in [5, 5.41) is 0. The maximum absolute atomic E-state index is 14.0. The number of para-hydroxylation sites is 1. The van der Waals surface area contributed by atoms with Gasteiger partial charge in [0.25, 0.3) is 0 Å². The minimum Gasteiger partial charge on any atom is -0.441 e. The molecule has 5 heteroatoms. The van der Waals surface area contributed by atoms with E-state index in [0.29, 0.717) is 17.0 Å². The molecule has 0 N–H and O–H groups in total. The van der Waals surface area contributed by atoms with Gasteiger partial charge in [-0.25, -0.2) is 9.37 Å². The summed E-state index contributed by atoms with van der Waals surface area (Å²) >= 11 is 0. The van der Waals surface area contributed by atoms with Gasteiger partial charge in [0.05, 0.1) is 17.7 Å². The summed E-state index contributed by atoms with van der Waals surface area (Å²) in [4.78, 5) is 19.1. The smallest absolute Gasteiger partial charge is 0.233 e. The molecule has 3 aromatic rings. The van der Waals surface area contributed by atoms with Gasteiger partial charge in [-0.1, -0.05) is 30.3 Å². The molecule has 0 bridgehead atoms. The highest BCUT2D eigenvalue weighted by Gasteiger charge is 2.31. The fourth-order valence-electron chi connectivity index (χ4n) is 3.52. The largest absolute Gasteiger partial charge is 0.441 e. The molecule has 2 aromatic carbocycles. The standard InChI is InChI=1S/C21H19FN2O2/c1-13-11-15-7-3-6-10-19(15)24(13)20(25)12-18-14(2)26-21(23-18)16-8-4-5-9-17(16)22/h3-10,13H,11-12H2,1-2H3. The van der Waals surface area contributed by atoms with Crippen molar-refractivity contribution in [2.75, 3.05) is 4.90 Å². The molecule has 0 saturated heterocycles. The first-order chi connectivity index (χ1) is 12.5. The number of aryl methyl sites for hydroxylation is 1. The molecule has 0 saturated carbocycles. The van der Waals surface area contributed by atoms with Crippen molar-refractivity contribution in [1.82, 2.24) is 4.98 Å².